The summed E-state index contributed by atoms with van der Waals surface area (Å²) < 4.78 is 2.00. The zero-order chi connectivity index (χ0) is 18.7. The van der Waals surface area contributed by atoms with Gasteiger partial charge in [-0.2, -0.15) is 0 Å². The third-order valence-corrected chi connectivity index (χ3v) is 5.00. The van der Waals surface area contributed by atoms with E-state index in [1.807, 2.05) is 4.68 Å². The molecule has 0 radical (unpaired) electrons. The average Bonchev–Trinajstić information content (AvgIpc) is 3.10. The van der Waals surface area contributed by atoms with Crippen LogP contribution in [0.25, 0.3) is 0 Å². The minimum atomic E-state index is -0.111. The van der Waals surface area contributed by atoms with Crippen molar-refractivity contribution in [3.05, 3.63) is 36.2 Å². The Bertz CT molecular complexity index is 680. The van der Waals surface area contributed by atoms with Gasteiger partial charge in [-0.05, 0) is 55.7 Å². The molecule has 1 fully saturated rings. The third kappa shape index (κ3) is 4.23. The number of piperazine rings is 1. The Morgan fingerprint density at radius 1 is 1.00 bits per heavy atom. The summed E-state index contributed by atoms with van der Waals surface area (Å²) in [4.78, 5) is 5.03. The summed E-state index contributed by atoms with van der Waals surface area (Å²) in [6, 6.07) is 11.0. The Hall–Kier alpha value is -1.95. The van der Waals surface area contributed by atoms with E-state index < -0.39 is 0 Å². The molecule has 26 heavy (non-hydrogen) atoms. The molecular weight excluding hydrogens is 324 g/mol. The Morgan fingerprint density at radius 2 is 1.65 bits per heavy atom. The van der Waals surface area contributed by atoms with Crippen molar-refractivity contribution in [3.8, 4) is 0 Å². The minimum absolute atomic E-state index is 0.111. The first kappa shape index (κ1) is 18.8. The van der Waals surface area contributed by atoms with Crippen LogP contribution >= 0.6 is 0 Å². The molecule has 1 aromatic carbocycles. The first-order valence-electron chi connectivity index (χ1n) is 9.69. The van der Waals surface area contributed by atoms with E-state index in [-0.39, 0.29) is 11.6 Å². The molecule has 1 aromatic heterocycles. The Kier molecular flexibility index (Phi) is 5.61. The molecular formula is C20H32N6. The van der Waals surface area contributed by atoms with E-state index >= 15 is 0 Å². The summed E-state index contributed by atoms with van der Waals surface area (Å²) in [7, 11) is 0. The van der Waals surface area contributed by atoms with Crippen molar-refractivity contribution in [2.24, 2.45) is 5.92 Å². The fourth-order valence-electron chi connectivity index (χ4n) is 3.67. The zero-order valence-electron chi connectivity index (χ0n) is 16.8. The van der Waals surface area contributed by atoms with E-state index in [4.69, 9.17) is 0 Å². The molecule has 1 aliphatic heterocycles. The highest BCUT2D eigenvalue weighted by Crippen LogP contribution is 2.30. The van der Waals surface area contributed by atoms with Crippen molar-refractivity contribution in [3.63, 3.8) is 0 Å². The number of rotatable bonds is 5. The second kappa shape index (κ2) is 7.74. The van der Waals surface area contributed by atoms with Crippen LogP contribution in [0.15, 0.2) is 30.3 Å². The molecule has 142 valence electrons. The first-order valence-corrected chi connectivity index (χ1v) is 9.69. The molecule has 0 aliphatic carbocycles. The van der Waals surface area contributed by atoms with Crippen LogP contribution in [0.5, 0.6) is 0 Å². The Balaban J connectivity index is 1.77. The molecule has 6 nitrogen and oxygen atoms in total. The molecule has 0 amide bonds. The fourth-order valence-corrected chi connectivity index (χ4v) is 3.67. The summed E-state index contributed by atoms with van der Waals surface area (Å²) in [6.45, 7) is 15.2. The van der Waals surface area contributed by atoms with E-state index in [0.717, 1.165) is 38.4 Å². The van der Waals surface area contributed by atoms with Crippen LogP contribution in [0, 0.1) is 5.92 Å². The van der Waals surface area contributed by atoms with Crippen molar-refractivity contribution < 1.29 is 0 Å². The molecule has 0 N–H and O–H groups in total. The van der Waals surface area contributed by atoms with Crippen LogP contribution in [0.1, 0.15) is 52.9 Å². The first-order chi connectivity index (χ1) is 12.4. The molecule has 2 heterocycles. The largest absolute Gasteiger partial charge is 0.369 e. The predicted octanol–water partition coefficient (Wildman–Crippen LogP) is 3.34. The van der Waals surface area contributed by atoms with E-state index in [1.165, 1.54) is 5.69 Å². The van der Waals surface area contributed by atoms with Gasteiger partial charge >= 0.3 is 0 Å². The molecule has 1 aliphatic rings. The van der Waals surface area contributed by atoms with Crippen LogP contribution in [-0.2, 0) is 5.54 Å². The molecule has 3 rings (SSSR count). The number of para-hydroxylation sites is 1. The predicted molar refractivity (Wildman–Crippen MR) is 105 cm³/mol. The van der Waals surface area contributed by atoms with Gasteiger partial charge in [0.15, 0.2) is 5.82 Å². The standard InChI is InChI=1S/C20H32N6/c1-16(2)15-18(19-21-22-23-26(19)20(3,4)5)25-13-11-24(12-14-25)17-9-7-6-8-10-17/h6-10,16,18H,11-15H2,1-5H3/t18-/m0/s1. The molecule has 6 heteroatoms. The van der Waals surface area contributed by atoms with Crippen molar-refractivity contribution in [2.45, 2.75) is 52.6 Å². The number of benzene rings is 1. The molecule has 0 spiro atoms. The molecule has 0 bridgehead atoms. The Labute approximate surface area is 157 Å². The Morgan fingerprint density at radius 3 is 2.23 bits per heavy atom. The molecule has 2 aromatic rings. The van der Waals surface area contributed by atoms with Crippen LogP contribution < -0.4 is 4.90 Å². The maximum atomic E-state index is 4.44. The summed E-state index contributed by atoms with van der Waals surface area (Å²) in [5.41, 5.74) is 1.20. The summed E-state index contributed by atoms with van der Waals surface area (Å²) >= 11 is 0. The van der Waals surface area contributed by atoms with Crippen molar-refractivity contribution in [2.75, 3.05) is 31.1 Å². The quantitative estimate of drug-likeness (QED) is 0.822. The fraction of sp³-hybridized carbons (Fsp3) is 0.650. The minimum Gasteiger partial charge on any atom is -0.369 e. The van der Waals surface area contributed by atoms with Crippen molar-refractivity contribution in [1.82, 2.24) is 25.1 Å². The van der Waals surface area contributed by atoms with E-state index in [0.29, 0.717) is 5.92 Å². The van der Waals surface area contributed by atoms with Crippen LogP contribution in [0.2, 0.25) is 0 Å². The van der Waals surface area contributed by atoms with E-state index in [1.54, 1.807) is 0 Å². The summed E-state index contributed by atoms with van der Waals surface area (Å²) in [5.74, 6) is 1.59. The highest BCUT2D eigenvalue weighted by Gasteiger charge is 2.32. The molecule has 1 saturated heterocycles. The molecule has 1 atom stereocenters. The lowest BCUT2D eigenvalue weighted by atomic mass is 9.99. The second-order valence-corrected chi connectivity index (χ2v) is 8.62. The number of hydrogen-bond acceptors (Lipinski definition) is 5. The van der Waals surface area contributed by atoms with Gasteiger partial charge < -0.3 is 4.90 Å². The van der Waals surface area contributed by atoms with E-state index in [9.17, 15) is 0 Å². The second-order valence-electron chi connectivity index (χ2n) is 8.62. The normalized spacial score (nSPS) is 17.7. The molecule has 0 saturated carbocycles. The third-order valence-electron chi connectivity index (χ3n) is 5.00. The van der Waals surface area contributed by atoms with Gasteiger partial charge in [0.1, 0.15) is 0 Å². The average molecular weight is 357 g/mol. The maximum Gasteiger partial charge on any atom is 0.168 e. The highest BCUT2D eigenvalue weighted by atomic mass is 15.6. The molecule has 0 unspecified atom stereocenters. The number of aromatic nitrogens is 4. The SMILES string of the molecule is CC(C)C[C@@H](c1nnnn1C(C)(C)C)N1CCN(c2ccccc2)CC1. The monoisotopic (exact) mass is 356 g/mol. The van der Waals surface area contributed by atoms with Gasteiger partial charge in [0.2, 0.25) is 0 Å². The maximum absolute atomic E-state index is 4.44. The van der Waals surface area contributed by atoms with Crippen LogP contribution in [-0.4, -0.2) is 51.3 Å². The summed E-state index contributed by atoms with van der Waals surface area (Å²) in [5, 5.41) is 12.7. The van der Waals surface area contributed by atoms with Crippen LogP contribution in [0.3, 0.4) is 0 Å². The zero-order valence-corrected chi connectivity index (χ0v) is 16.8. The van der Waals surface area contributed by atoms with Gasteiger partial charge in [-0.3, -0.25) is 4.90 Å². The van der Waals surface area contributed by atoms with Gasteiger partial charge in [0.25, 0.3) is 0 Å². The highest BCUT2D eigenvalue weighted by molar-refractivity contribution is 5.46. The van der Waals surface area contributed by atoms with Gasteiger partial charge in [0, 0.05) is 31.9 Å². The number of tetrazole rings is 1. The lowest BCUT2D eigenvalue weighted by Gasteiger charge is -2.40. The van der Waals surface area contributed by atoms with Gasteiger partial charge in [-0.15, -0.1) is 5.10 Å². The van der Waals surface area contributed by atoms with E-state index in [2.05, 4.69) is 90.3 Å². The topological polar surface area (TPSA) is 50.1 Å². The number of hydrogen-bond donors (Lipinski definition) is 0. The lowest BCUT2D eigenvalue weighted by Crippen LogP contribution is -2.48. The number of nitrogens with zero attached hydrogens (tertiary/aromatic N) is 6. The van der Waals surface area contributed by atoms with Crippen LogP contribution in [0.4, 0.5) is 5.69 Å². The lowest BCUT2D eigenvalue weighted by molar-refractivity contribution is 0.146. The van der Waals surface area contributed by atoms with Gasteiger partial charge in [-0.1, -0.05) is 32.0 Å². The smallest absolute Gasteiger partial charge is 0.168 e. The van der Waals surface area contributed by atoms with Gasteiger partial charge in [0.05, 0.1) is 11.6 Å². The van der Waals surface area contributed by atoms with Crippen molar-refractivity contribution >= 4 is 5.69 Å². The van der Waals surface area contributed by atoms with Gasteiger partial charge in [-0.25, -0.2) is 4.68 Å². The summed E-state index contributed by atoms with van der Waals surface area (Å²) in [6.07, 6.45) is 1.07. The number of anilines is 1. The van der Waals surface area contributed by atoms with Crippen molar-refractivity contribution in [1.29, 1.82) is 0 Å².